The van der Waals surface area contributed by atoms with Gasteiger partial charge in [0.2, 0.25) is 0 Å². The van der Waals surface area contributed by atoms with E-state index in [1.54, 1.807) is 6.07 Å². The lowest BCUT2D eigenvalue weighted by Gasteiger charge is -2.19. The average Bonchev–Trinajstić information content (AvgIpc) is 2.43. The maximum Gasteiger partial charge on any atom is 0.119 e. The molecule has 106 valence electrons. The van der Waals surface area contributed by atoms with Crippen LogP contribution in [0.1, 0.15) is 24.1 Å². The minimum Gasteiger partial charge on any atom is -0.494 e. The number of benzene rings is 2. The summed E-state index contributed by atoms with van der Waals surface area (Å²) in [7, 11) is 1.91. The fourth-order valence-electron chi connectivity index (χ4n) is 2.19. The molecule has 0 radical (unpaired) electrons. The number of nitrogens with one attached hydrogen (secondary N) is 1. The van der Waals surface area contributed by atoms with Crippen LogP contribution in [0.4, 0.5) is 0 Å². The number of rotatable bonds is 5. The van der Waals surface area contributed by atoms with Gasteiger partial charge in [-0.05, 0) is 49.4 Å². The Balaban J connectivity index is 2.38. The molecule has 0 heterocycles. The van der Waals surface area contributed by atoms with Gasteiger partial charge in [-0.1, -0.05) is 41.4 Å². The average molecular weight is 310 g/mol. The second-order valence-electron chi connectivity index (χ2n) is 4.39. The van der Waals surface area contributed by atoms with Gasteiger partial charge in [0.1, 0.15) is 5.75 Å². The highest BCUT2D eigenvalue weighted by atomic mass is 35.5. The predicted octanol–water partition coefficient (Wildman–Crippen LogP) is 4.70. The van der Waals surface area contributed by atoms with Gasteiger partial charge < -0.3 is 10.1 Å². The van der Waals surface area contributed by atoms with E-state index >= 15 is 0 Å². The minimum absolute atomic E-state index is 0.000160. The molecule has 0 fully saturated rings. The molecule has 0 saturated carbocycles. The highest BCUT2D eigenvalue weighted by molar-refractivity contribution is 6.35. The molecule has 0 amide bonds. The molecule has 0 spiro atoms. The second kappa shape index (κ2) is 6.98. The van der Waals surface area contributed by atoms with E-state index in [0.29, 0.717) is 16.7 Å². The van der Waals surface area contributed by atoms with Gasteiger partial charge in [-0.15, -0.1) is 0 Å². The van der Waals surface area contributed by atoms with Gasteiger partial charge in [-0.2, -0.15) is 0 Å². The molecule has 0 aliphatic heterocycles. The molecule has 2 nitrogen and oxygen atoms in total. The lowest BCUT2D eigenvalue weighted by molar-refractivity contribution is 0.339. The van der Waals surface area contributed by atoms with Crippen molar-refractivity contribution >= 4 is 23.2 Å². The Labute approximate surface area is 129 Å². The molecule has 4 heteroatoms. The first-order valence-corrected chi connectivity index (χ1v) is 7.26. The highest BCUT2D eigenvalue weighted by Gasteiger charge is 2.16. The summed E-state index contributed by atoms with van der Waals surface area (Å²) in [6.45, 7) is 2.62. The van der Waals surface area contributed by atoms with Crippen LogP contribution in [0.5, 0.6) is 5.75 Å². The molecule has 20 heavy (non-hydrogen) atoms. The van der Waals surface area contributed by atoms with E-state index in [2.05, 4.69) is 11.4 Å². The number of hydrogen-bond acceptors (Lipinski definition) is 2. The quantitative estimate of drug-likeness (QED) is 0.864. The molecule has 0 bridgehead atoms. The SMILES string of the molecule is CCOc1cccc(C(NC)c2ccc(Cl)cc2Cl)c1. The third kappa shape index (κ3) is 3.45. The van der Waals surface area contributed by atoms with Gasteiger partial charge in [0.05, 0.1) is 12.6 Å². The van der Waals surface area contributed by atoms with Crippen molar-refractivity contribution in [1.82, 2.24) is 5.32 Å². The molecule has 2 aromatic rings. The number of hydrogen-bond donors (Lipinski definition) is 1. The summed E-state index contributed by atoms with van der Waals surface area (Å²) in [4.78, 5) is 0. The number of ether oxygens (including phenoxy) is 1. The Morgan fingerprint density at radius 3 is 2.60 bits per heavy atom. The predicted molar refractivity (Wildman–Crippen MR) is 85.0 cm³/mol. The monoisotopic (exact) mass is 309 g/mol. The van der Waals surface area contributed by atoms with Crippen molar-refractivity contribution < 1.29 is 4.74 Å². The molecule has 0 saturated heterocycles. The molecule has 2 aromatic carbocycles. The summed E-state index contributed by atoms with van der Waals surface area (Å²) >= 11 is 12.3. The standard InChI is InChI=1S/C16H17Cl2NO/c1-3-20-13-6-4-5-11(9-13)16(19-2)14-8-7-12(17)10-15(14)18/h4-10,16,19H,3H2,1-2H3. The van der Waals surface area contributed by atoms with Crippen LogP contribution in [-0.2, 0) is 0 Å². The topological polar surface area (TPSA) is 21.3 Å². The van der Waals surface area contributed by atoms with Gasteiger partial charge >= 0.3 is 0 Å². The summed E-state index contributed by atoms with van der Waals surface area (Å²) in [6, 6.07) is 13.6. The van der Waals surface area contributed by atoms with E-state index in [1.165, 1.54) is 0 Å². The minimum atomic E-state index is 0.000160. The fraction of sp³-hybridized carbons (Fsp3) is 0.250. The molecular weight excluding hydrogens is 293 g/mol. The highest BCUT2D eigenvalue weighted by Crippen LogP contribution is 2.31. The van der Waals surface area contributed by atoms with Gasteiger partial charge in [0.15, 0.2) is 0 Å². The molecule has 1 unspecified atom stereocenters. The summed E-state index contributed by atoms with van der Waals surface area (Å²) in [5, 5.41) is 4.57. The van der Waals surface area contributed by atoms with E-state index in [-0.39, 0.29) is 6.04 Å². The van der Waals surface area contributed by atoms with Gasteiger partial charge in [0, 0.05) is 10.0 Å². The van der Waals surface area contributed by atoms with Crippen LogP contribution in [0.15, 0.2) is 42.5 Å². The summed E-state index contributed by atoms with van der Waals surface area (Å²) in [6.07, 6.45) is 0. The van der Waals surface area contributed by atoms with Gasteiger partial charge in [-0.25, -0.2) is 0 Å². The number of halogens is 2. The summed E-state index contributed by atoms with van der Waals surface area (Å²) in [5.41, 5.74) is 2.09. The molecule has 0 aliphatic carbocycles. The zero-order valence-corrected chi connectivity index (χ0v) is 13.0. The summed E-state index contributed by atoms with van der Waals surface area (Å²) < 4.78 is 5.54. The van der Waals surface area contributed by atoms with Crippen molar-refractivity contribution in [3.63, 3.8) is 0 Å². The second-order valence-corrected chi connectivity index (χ2v) is 5.24. The Morgan fingerprint density at radius 1 is 1.15 bits per heavy atom. The van der Waals surface area contributed by atoms with Crippen molar-refractivity contribution in [2.75, 3.05) is 13.7 Å². The van der Waals surface area contributed by atoms with Crippen LogP contribution in [0.2, 0.25) is 10.0 Å². The van der Waals surface area contributed by atoms with E-state index in [1.807, 2.05) is 44.3 Å². The Morgan fingerprint density at radius 2 is 1.95 bits per heavy atom. The molecule has 0 aliphatic rings. The van der Waals surface area contributed by atoms with E-state index in [4.69, 9.17) is 27.9 Å². The Hall–Kier alpha value is -1.22. The van der Waals surface area contributed by atoms with E-state index in [9.17, 15) is 0 Å². The van der Waals surface area contributed by atoms with Crippen LogP contribution in [0.25, 0.3) is 0 Å². The van der Waals surface area contributed by atoms with Crippen LogP contribution in [0.3, 0.4) is 0 Å². The van der Waals surface area contributed by atoms with Gasteiger partial charge in [-0.3, -0.25) is 0 Å². The largest absolute Gasteiger partial charge is 0.494 e. The third-order valence-electron chi connectivity index (χ3n) is 3.06. The van der Waals surface area contributed by atoms with E-state index in [0.717, 1.165) is 16.9 Å². The molecule has 2 rings (SSSR count). The first-order valence-electron chi connectivity index (χ1n) is 6.50. The maximum absolute atomic E-state index is 6.30. The van der Waals surface area contributed by atoms with Crippen LogP contribution in [0, 0.1) is 0 Å². The zero-order chi connectivity index (χ0) is 14.5. The van der Waals surface area contributed by atoms with Crippen LogP contribution < -0.4 is 10.1 Å². The van der Waals surface area contributed by atoms with Crippen molar-refractivity contribution in [2.24, 2.45) is 0 Å². The van der Waals surface area contributed by atoms with Crippen molar-refractivity contribution in [3.05, 3.63) is 63.6 Å². The first kappa shape index (κ1) is 15.2. The first-order chi connectivity index (χ1) is 9.65. The normalized spacial score (nSPS) is 12.2. The van der Waals surface area contributed by atoms with E-state index < -0.39 is 0 Å². The van der Waals surface area contributed by atoms with Crippen LogP contribution >= 0.6 is 23.2 Å². The van der Waals surface area contributed by atoms with Gasteiger partial charge in [0.25, 0.3) is 0 Å². The molecule has 1 atom stereocenters. The smallest absolute Gasteiger partial charge is 0.119 e. The zero-order valence-electron chi connectivity index (χ0n) is 11.5. The summed E-state index contributed by atoms with van der Waals surface area (Å²) in [5.74, 6) is 0.857. The third-order valence-corrected chi connectivity index (χ3v) is 3.63. The molecular formula is C16H17Cl2NO. The lowest BCUT2D eigenvalue weighted by atomic mass is 9.98. The van der Waals surface area contributed by atoms with Crippen molar-refractivity contribution in [2.45, 2.75) is 13.0 Å². The maximum atomic E-state index is 6.30. The van der Waals surface area contributed by atoms with Crippen molar-refractivity contribution in [1.29, 1.82) is 0 Å². The Kier molecular flexibility index (Phi) is 5.30. The fourth-order valence-corrected chi connectivity index (χ4v) is 2.71. The molecule has 0 aromatic heterocycles. The van der Waals surface area contributed by atoms with Crippen LogP contribution in [-0.4, -0.2) is 13.7 Å². The van der Waals surface area contributed by atoms with Crippen molar-refractivity contribution in [3.8, 4) is 5.75 Å². The Bertz CT molecular complexity index is 586. The lowest BCUT2D eigenvalue weighted by Crippen LogP contribution is -2.18. The molecule has 1 N–H and O–H groups in total.